The Balaban J connectivity index is 0.000000101. The van der Waals surface area contributed by atoms with E-state index in [1.807, 2.05) is 0 Å². The molecule has 14 atom stereocenters. The Hall–Kier alpha value is -0.440. The van der Waals surface area contributed by atoms with E-state index in [1.54, 1.807) is 6.42 Å². The van der Waals surface area contributed by atoms with Crippen molar-refractivity contribution in [1.29, 1.82) is 0 Å². The van der Waals surface area contributed by atoms with Crippen molar-refractivity contribution in [2.24, 2.45) is 34.5 Å². The molecule has 0 aromatic rings. The summed E-state index contributed by atoms with van der Waals surface area (Å²) in [7, 11) is 20.3. The highest BCUT2D eigenvalue weighted by molar-refractivity contribution is 5.23. The number of likely N-dealkylation sites (tertiary alicyclic amines) is 4. The van der Waals surface area contributed by atoms with E-state index in [0.29, 0.717) is 12.1 Å². The molecule has 5 saturated carbocycles. The van der Waals surface area contributed by atoms with E-state index < -0.39 is 0 Å². The Morgan fingerprint density at radius 3 is 0.975 bits per heavy atom. The van der Waals surface area contributed by atoms with Gasteiger partial charge in [-0.15, -0.1) is 0 Å². The van der Waals surface area contributed by atoms with Crippen molar-refractivity contribution in [3.8, 4) is 0 Å². The van der Waals surface area contributed by atoms with Gasteiger partial charge in [-0.3, -0.25) is 4.90 Å². The van der Waals surface area contributed by atoms with E-state index in [1.165, 1.54) is 252 Å². The molecule has 14 unspecified atom stereocenters. The van der Waals surface area contributed by atoms with Gasteiger partial charge in [-0.25, -0.2) is 0 Å². The lowest BCUT2D eigenvalue weighted by Crippen LogP contribution is -2.52. The lowest BCUT2D eigenvalue weighted by atomic mass is 9.85. The molecule has 11 nitrogen and oxygen atoms in total. The lowest BCUT2D eigenvalue weighted by molar-refractivity contribution is 0.0673. The maximum Gasteiger partial charge on any atom is 0.0221 e. The summed E-state index contributed by atoms with van der Waals surface area (Å²) in [5, 5.41) is 6.90. The summed E-state index contributed by atoms with van der Waals surface area (Å²) in [5.41, 5.74) is 1.70. The Labute approximate surface area is 494 Å². The van der Waals surface area contributed by atoms with Crippen molar-refractivity contribution in [1.82, 2.24) is 54.7 Å². The Bertz CT molecular complexity index is 1660. The number of hydrogen-bond acceptors (Lipinski definition) is 11. The first kappa shape index (κ1) is 62.6. The van der Waals surface area contributed by atoms with E-state index in [2.05, 4.69) is 132 Å². The topological polar surface area (TPSA) is 53.2 Å². The summed E-state index contributed by atoms with van der Waals surface area (Å²) in [4.78, 5) is 22.7. The smallest absolute Gasteiger partial charge is 0.0221 e. The molecule has 0 spiro atoms. The van der Waals surface area contributed by atoms with Gasteiger partial charge in [-0.1, -0.05) is 32.1 Å². The second kappa shape index (κ2) is 28.6. The SMILES string of the molecule is CC1CN(C)CC(C)N1.CN1C2CCC1CC2.CN1C2CCC1CNC2.CN1C2CCCC1CC2.CN1C2CCCC1CCC2.CN1CC23CCCC2(C1)C3.CN1CC2CCC1C2.CN1CC2CCC1C2.CN1CC2CCCC2C1. The number of piperidine rings is 6. The van der Waals surface area contributed by atoms with E-state index in [0.717, 1.165) is 94.9 Å². The molecule has 462 valence electrons. The van der Waals surface area contributed by atoms with Gasteiger partial charge >= 0.3 is 0 Å². The molecule has 80 heavy (non-hydrogen) atoms. The molecule has 5 aliphatic carbocycles. The highest BCUT2D eigenvalue weighted by Gasteiger charge is 2.72. The van der Waals surface area contributed by atoms with E-state index in [9.17, 15) is 0 Å². The van der Waals surface area contributed by atoms with Crippen LogP contribution < -0.4 is 10.6 Å². The van der Waals surface area contributed by atoms with E-state index in [4.69, 9.17) is 0 Å². The summed E-state index contributed by atoms with van der Waals surface area (Å²) < 4.78 is 0. The maximum atomic E-state index is 3.47. The molecule has 0 aromatic heterocycles. The Kier molecular flexibility index (Phi) is 22.4. The third-order valence-corrected chi connectivity index (χ3v) is 26.1. The fourth-order valence-corrected chi connectivity index (χ4v) is 21.3. The van der Waals surface area contributed by atoms with Crippen molar-refractivity contribution < 1.29 is 0 Å². The largest absolute Gasteiger partial charge is 0.314 e. The minimum Gasteiger partial charge on any atom is -0.314 e. The van der Waals surface area contributed by atoms with Crippen LogP contribution >= 0.6 is 0 Å². The van der Waals surface area contributed by atoms with Crippen molar-refractivity contribution in [3.05, 3.63) is 0 Å². The first-order valence-electron chi connectivity index (χ1n) is 35.3. The van der Waals surface area contributed by atoms with Gasteiger partial charge < -0.3 is 49.8 Å². The van der Waals surface area contributed by atoms with Crippen LogP contribution in [0.1, 0.15) is 206 Å². The Morgan fingerprint density at radius 2 is 0.662 bits per heavy atom. The monoisotopic (exact) mass is 1110 g/mol. The lowest BCUT2D eigenvalue weighted by Gasteiger charge is -2.43. The zero-order chi connectivity index (χ0) is 56.1. The second-order valence-electron chi connectivity index (χ2n) is 31.8. The number of nitrogens with one attached hydrogen (secondary N) is 2. The summed E-state index contributed by atoms with van der Waals surface area (Å²) in [5.74, 6) is 4.31. The fraction of sp³-hybridized carbons (Fsp3) is 1.00. The van der Waals surface area contributed by atoms with Gasteiger partial charge in [0.25, 0.3) is 0 Å². The molecule has 13 aliphatic heterocycles. The summed E-state index contributed by atoms with van der Waals surface area (Å²) in [6.45, 7) is 17.6. The van der Waals surface area contributed by atoms with Gasteiger partial charge in [0, 0.05) is 138 Å². The molecular formula is C69H131N11. The Morgan fingerprint density at radius 1 is 0.325 bits per heavy atom. The van der Waals surface area contributed by atoms with Crippen molar-refractivity contribution >= 4 is 0 Å². The fourth-order valence-electron chi connectivity index (χ4n) is 21.3. The van der Waals surface area contributed by atoms with Gasteiger partial charge in [-0.05, 0) is 272 Å². The number of hydrogen-bond donors (Lipinski definition) is 2. The average Bonchev–Trinajstić information content (AvgIpc) is 4.43. The first-order chi connectivity index (χ1) is 38.5. The molecule has 18 fully saturated rings. The molecular weight excluding hydrogens is 983 g/mol. The molecule has 2 N–H and O–H groups in total. The predicted molar refractivity (Wildman–Crippen MR) is 339 cm³/mol. The highest BCUT2D eigenvalue weighted by Crippen LogP contribution is 2.76. The zero-order valence-corrected chi connectivity index (χ0v) is 54.5. The minimum atomic E-state index is 0.666. The molecule has 0 radical (unpaired) electrons. The van der Waals surface area contributed by atoms with Crippen LogP contribution in [0, 0.1) is 34.5 Å². The first-order valence-corrected chi connectivity index (χ1v) is 35.3. The van der Waals surface area contributed by atoms with Crippen molar-refractivity contribution in [3.63, 3.8) is 0 Å². The van der Waals surface area contributed by atoms with Crippen molar-refractivity contribution in [2.45, 2.75) is 279 Å². The van der Waals surface area contributed by atoms with Crippen LogP contribution in [0.4, 0.5) is 0 Å². The van der Waals surface area contributed by atoms with Crippen LogP contribution in [0.5, 0.6) is 0 Å². The van der Waals surface area contributed by atoms with Crippen LogP contribution in [0.3, 0.4) is 0 Å². The second-order valence-corrected chi connectivity index (χ2v) is 31.8. The highest BCUT2D eigenvalue weighted by atomic mass is 15.3. The van der Waals surface area contributed by atoms with Gasteiger partial charge in [0.05, 0.1) is 0 Å². The quantitative estimate of drug-likeness (QED) is 0.244. The number of fused-ring (bicyclic) bond motifs is 13. The summed E-state index contributed by atoms with van der Waals surface area (Å²) >= 11 is 0. The minimum absolute atomic E-state index is 0.666. The number of rotatable bonds is 0. The summed E-state index contributed by atoms with van der Waals surface area (Å²) in [6, 6.07) is 10.7. The molecule has 11 heteroatoms. The number of likely N-dealkylation sites (N-methyl/N-ethyl adjacent to an activating group) is 2. The van der Waals surface area contributed by atoms with E-state index in [-0.39, 0.29) is 0 Å². The van der Waals surface area contributed by atoms with Crippen molar-refractivity contribution in [2.75, 3.05) is 129 Å². The van der Waals surface area contributed by atoms with Gasteiger partial charge in [-0.2, -0.15) is 0 Å². The molecule has 13 heterocycles. The number of piperazine rings is 2. The van der Waals surface area contributed by atoms with E-state index >= 15 is 0 Å². The van der Waals surface area contributed by atoms with Crippen LogP contribution in [0.25, 0.3) is 0 Å². The third kappa shape index (κ3) is 15.6. The average molecular weight is 1110 g/mol. The van der Waals surface area contributed by atoms with Gasteiger partial charge in [0.2, 0.25) is 0 Å². The standard InChI is InChI=1S/C9H15N.C9H17N.2C8H15N.C7H14N2.C7H16N2.3C7H13N/c1-10-6-8-3-2-4-9(8,5-8)7-10;1-10-8-4-2-5-9(10)7-3-6-8;1-9-5-7-3-2-4-8(7)6-9;1-9-7-3-2-4-8(9)6-5-7;1-9-6-2-3-7(9)5-8-4-6;1-6-4-9(3)5-7(2)8-6;2*1-8-5-6-2-3-7(8)4-6;1-8-6-2-3-7(8)5-4-6/h2-7H2,1H3;8-9H,2-7H2,1H3;2*7-8H,2-6H2,1H3;6-8H,2-5H2,1H3;6-8H,4-5H2,1-3H3;3*6-7H,2-5H2,1H3. The van der Waals surface area contributed by atoms with Crippen LogP contribution in [0.15, 0.2) is 0 Å². The third-order valence-electron chi connectivity index (χ3n) is 26.1. The predicted octanol–water partition coefficient (Wildman–Crippen LogP) is 10.3. The van der Waals surface area contributed by atoms with Crippen LogP contribution in [-0.2, 0) is 0 Å². The van der Waals surface area contributed by atoms with Crippen LogP contribution in [-0.4, -0.2) is 245 Å². The van der Waals surface area contributed by atoms with Gasteiger partial charge in [0.1, 0.15) is 0 Å². The molecule has 13 saturated heterocycles. The molecule has 18 aliphatic rings. The number of nitrogens with zero attached hydrogens (tertiary/aromatic N) is 9. The van der Waals surface area contributed by atoms with Gasteiger partial charge in [0.15, 0.2) is 0 Å². The molecule has 0 amide bonds. The zero-order valence-electron chi connectivity index (χ0n) is 54.5. The molecule has 12 bridgehead atoms. The summed E-state index contributed by atoms with van der Waals surface area (Å²) in [6.07, 6.45) is 44.6. The molecule has 0 aromatic carbocycles. The maximum absolute atomic E-state index is 3.47. The normalized spacial score (nSPS) is 45.5. The van der Waals surface area contributed by atoms with Crippen LogP contribution in [0.2, 0.25) is 0 Å². The molecule has 18 rings (SSSR count).